The van der Waals surface area contributed by atoms with Gasteiger partial charge in [-0.1, -0.05) is 11.6 Å². The summed E-state index contributed by atoms with van der Waals surface area (Å²) in [6.07, 6.45) is 5.40. The highest BCUT2D eigenvalue weighted by Gasteiger charge is 2.24. The molecule has 1 N–H and O–H groups in total. The van der Waals surface area contributed by atoms with Crippen molar-refractivity contribution >= 4 is 17.7 Å². The number of aryl methyl sites for hydroxylation is 2. The van der Waals surface area contributed by atoms with Crippen LogP contribution in [0.25, 0.3) is 0 Å². The van der Waals surface area contributed by atoms with E-state index in [2.05, 4.69) is 15.4 Å². The lowest BCUT2D eigenvalue weighted by atomic mass is 10.1. The zero-order chi connectivity index (χ0) is 18.4. The van der Waals surface area contributed by atoms with Crippen LogP contribution in [0.5, 0.6) is 0 Å². The second kappa shape index (κ2) is 9.28. The third-order valence-electron chi connectivity index (χ3n) is 4.86. The highest BCUT2D eigenvalue weighted by atomic mass is 32.2. The SMILES string of the molecule is Cc1noc(C)c1CSCC(=O)NCC(c1ccco1)N1CCCCC1. The summed E-state index contributed by atoms with van der Waals surface area (Å²) in [6.45, 7) is 6.53. The van der Waals surface area contributed by atoms with E-state index in [-0.39, 0.29) is 11.9 Å². The van der Waals surface area contributed by atoms with Crippen LogP contribution in [0.4, 0.5) is 0 Å². The Hall–Kier alpha value is -1.73. The first-order chi connectivity index (χ1) is 12.6. The minimum Gasteiger partial charge on any atom is -0.468 e. The van der Waals surface area contributed by atoms with Gasteiger partial charge in [-0.2, -0.15) is 0 Å². The largest absolute Gasteiger partial charge is 0.468 e. The van der Waals surface area contributed by atoms with Crippen molar-refractivity contribution in [2.45, 2.75) is 44.9 Å². The van der Waals surface area contributed by atoms with Crippen LogP contribution in [-0.2, 0) is 10.5 Å². The van der Waals surface area contributed by atoms with Gasteiger partial charge in [0.1, 0.15) is 11.5 Å². The summed E-state index contributed by atoms with van der Waals surface area (Å²) in [5.41, 5.74) is 1.99. The van der Waals surface area contributed by atoms with E-state index >= 15 is 0 Å². The van der Waals surface area contributed by atoms with Gasteiger partial charge in [-0.05, 0) is 51.9 Å². The van der Waals surface area contributed by atoms with Crippen molar-refractivity contribution in [2.75, 3.05) is 25.4 Å². The first-order valence-corrected chi connectivity index (χ1v) is 10.3. The van der Waals surface area contributed by atoms with Crippen LogP contribution in [0.2, 0.25) is 0 Å². The smallest absolute Gasteiger partial charge is 0.230 e. The average molecular weight is 378 g/mol. The lowest BCUT2D eigenvalue weighted by Gasteiger charge is -2.33. The molecule has 1 aliphatic heterocycles. The normalized spacial score (nSPS) is 16.5. The molecule has 1 aliphatic rings. The molecule has 0 spiro atoms. The Kier molecular flexibility index (Phi) is 6.80. The van der Waals surface area contributed by atoms with Crippen molar-refractivity contribution in [3.63, 3.8) is 0 Å². The summed E-state index contributed by atoms with van der Waals surface area (Å²) < 4.78 is 10.8. The van der Waals surface area contributed by atoms with Crippen molar-refractivity contribution < 1.29 is 13.7 Å². The van der Waals surface area contributed by atoms with E-state index in [1.807, 2.05) is 26.0 Å². The molecule has 0 saturated carbocycles. The zero-order valence-corrected chi connectivity index (χ0v) is 16.3. The Bertz CT molecular complexity index is 673. The number of likely N-dealkylation sites (tertiary alicyclic amines) is 1. The minimum atomic E-state index is 0.0512. The maximum atomic E-state index is 12.3. The number of aromatic nitrogens is 1. The third kappa shape index (κ3) is 4.92. The standard InChI is InChI=1S/C19H27N3O3S/c1-14-16(15(2)25-21-14)12-26-13-19(23)20-11-17(18-7-6-10-24-18)22-8-4-3-5-9-22/h6-7,10,17H,3-5,8-9,11-13H2,1-2H3,(H,20,23). The molecule has 7 heteroatoms. The van der Waals surface area contributed by atoms with Crippen molar-refractivity contribution in [2.24, 2.45) is 0 Å². The molecule has 2 aromatic rings. The van der Waals surface area contributed by atoms with Gasteiger partial charge >= 0.3 is 0 Å². The molecule has 1 amide bonds. The molecule has 0 bridgehead atoms. The highest BCUT2D eigenvalue weighted by molar-refractivity contribution is 7.99. The molecule has 142 valence electrons. The predicted molar refractivity (Wildman–Crippen MR) is 102 cm³/mol. The number of rotatable bonds is 8. The Morgan fingerprint density at radius 1 is 1.35 bits per heavy atom. The van der Waals surface area contributed by atoms with E-state index in [0.717, 1.165) is 41.6 Å². The number of hydrogen-bond acceptors (Lipinski definition) is 6. The van der Waals surface area contributed by atoms with Crippen LogP contribution >= 0.6 is 11.8 Å². The van der Waals surface area contributed by atoms with Crippen LogP contribution in [-0.4, -0.2) is 41.4 Å². The molecule has 2 aromatic heterocycles. The number of carbonyl (C=O) groups excluding carboxylic acids is 1. The van der Waals surface area contributed by atoms with Crippen molar-refractivity contribution in [3.05, 3.63) is 41.2 Å². The summed E-state index contributed by atoms with van der Waals surface area (Å²) in [5.74, 6) is 2.97. The fourth-order valence-electron chi connectivity index (χ4n) is 3.34. The van der Waals surface area contributed by atoms with Gasteiger partial charge in [0.25, 0.3) is 0 Å². The number of furan rings is 1. The molecular weight excluding hydrogens is 350 g/mol. The number of carbonyl (C=O) groups is 1. The van der Waals surface area contributed by atoms with Crippen LogP contribution in [0, 0.1) is 13.8 Å². The maximum absolute atomic E-state index is 12.3. The van der Waals surface area contributed by atoms with Gasteiger partial charge in [-0.3, -0.25) is 9.69 Å². The van der Waals surface area contributed by atoms with Gasteiger partial charge < -0.3 is 14.3 Å². The fraction of sp³-hybridized carbons (Fsp3) is 0.579. The zero-order valence-electron chi connectivity index (χ0n) is 15.5. The molecule has 1 atom stereocenters. The number of nitrogens with one attached hydrogen (secondary N) is 1. The van der Waals surface area contributed by atoms with Gasteiger partial charge in [-0.25, -0.2) is 0 Å². The number of hydrogen-bond donors (Lipinski definition) is 1. The van der Waals surface area contributed by atoms with Crippen LogP contribution in [0.1, 0.15) is 48.1 Å². The maximum Gasteiger partial charge on any atom is 0.230 e. The van der Waals surface area contributed by atoms with E-state index in [9.17, 15) is 4.79 Å². The van der Waals surface area contributed by atoms with E-state index in [0.29, 0.717) is 12.3 Å². The molecule has 1 fully saturated rings. The van der Waals surface area contributed by atoms with Crippen molar-refractivity contribution in [3.8, 4) is 0 Å². The van der Waals surface area contributed by atoms with Crippen LogP contribution in [0.15, 0.2) is 27.3 Å². The molecule has 0 aliphatic carbocycles. The van der Waals surface area contributed by atoms with Gasteiger partial charge in [0, 0.05) is 17.9 Å². The summed E-state index contributed by atoms with van der Waals surface area (Å²) in [4.78, 5) is 14.7. The second-order valence-corrected chi connectivity index (χ2v) is 7.71. The molecule has 0 radical (unpaired) electrons. The summed E-state index contributed by atoms with van der Waals surface area (Å²) in [7, 11) is 0. The molecule has 3 heterocycles. The third-order valence-corrected chi connectivity index (χ3v) is 5.82. The lowest BCUT2D eigenvalue weighted by molar-refractivity contribution is -0.118. The first-order valence-electron chi connectivity index (χ1n) is 9.19. The molecule has 6 nitrogen and oxygen atoms in total. The Morgan fingerprint density at radius 3 is 2.81 bits per heavy atom. The van der Waals surface area contributed by atoms with E-state index < -0.39 is 0 Å². The minimum absolute atomic E-state index is 0.0512. The number of thioether (sulfide) groups is 1. The Labute approximate surface area is 158 Å². The number of piperidine rings is 1. The molecule has 0 aromatic carbocycles. The highest BCUT2D eigenvalue weighted by Crippen LogP contribution is 2.24. The average Bonchev–Trinajstić information content (AvgIpc) is 3.28. The second-order valence-electron chi connectivity index (χ2n) is 6.73. The van der Waals surface area contributed by atoms with Gasteiger partial charge in [0.2, 0.25) is 5.91 Å². The topological polar surface area (TPSA) is 71.5 Å². The van der Waals surface area contributed by atoms with Gasteiger partial charge in [-0.15, -0.1) is 11.8 Å². The molecule has 1 unspecified atom stereocenters. The van der Waals surface area contributed by atoms with E-state index in [1.165, 1.54) is 19.3 Å². The quantitative estimate of drug-likeness (QED) is 0.760. The summed E-state index contributed by atoms with van der Waals surface area (Å²) in [6, 6.07) is 4.02. The van der Waals surface area contributed by atoms with Gasteiger partial charge in [0.15, 0.2) is 0 Å². The van der Waals surface area contributed by atoms with Crippen LogP contribution in [0.3, 0.4) is 0 Å². The number of amides is 1. The van der Waals surface area contributed by atoms with Gasteiger partial charge in [0.05, 0.1) is 23.8 Å². The molecule has 3 rings (SSSR count). The van der Waals surface area contributed by atoms with E-state index in [4.69, 9.17) is 8.94 Å². The Morgan fingerprint density at radius 2 is 2.15 bits per heavy atom. The van der Waals surface area contributed by atoms with Crippen molar-refractivity contribution in [1.29, 1.82) is 0 Å². The summed E-state index contributed by atoms with van der Waals surface area (Å²) >= 11 is 1.58. The molecular formula is C19H27N3O3S. The van der Waals surface area contributed by atoms with Crippen molar-refractivity contribution in [1.82, 2.24) is 15.4 Å². The Balaban J connectivity index is 1.48. The molecule has 26 heavy (non-hydrogen) atoms. The first kappa shape index (κ1) is 19.0. The monoisotopic (exact) mass is 377 g/mol. The number of nitrogens with zero attached hydrogens (tertiary/aromatic N) is 2. The predicted octanol–water partition coefficient (Wildman–Crippen LogP) is 3.46. The molecule has 1 saturated heterocycles. The summed E-state index contributed by atoms with van der Waals surface area (Å²) in [5, 5.41) is 7.03. The van der Waals surface area contributed by atoms with E-state index in [1.54, 1.807) is 18.0 Å². The lowest BCUT2D eigenvalue weighted by Crippen LogP contribution is -2.40. The van der Waals surface area contributed by atoms with Crippen LogP contribution < -0.4 is 5.32 Å². The fourth-order valence-corrected chi connectivity index (χ4v) is 4.34.